The number of carbonyl (C=O) groups excluding carboxylic acids is 1. The molecular weight excluding hydrogens is 346 g/mol. The van der Waals surface area contributed by atoms with Gasteiger partial charge in [0, 0.05) is 12.5 Å². The van der Waals surface area contributed by atoms with Gasteiger partial charge in [-0.15, -0.1) is 4.91 Å². The van der Waals surface area contributed by atoms with Gasteiger partial charge in [-0.1, -0.05) is 18.5 Å². The van der Waals surface area contributed by atoms with Gasteiger partial charge in [-0.05, 0) is 24.2 Å². The highest BCUT2D eigenvalue weighted by Gasteiger charge is 2.25. The Morgan fingerprint density at radius 2 is 1.96 bits per heavy atom. The summed E-state index contributed by atoms with van der Waals surface area (Å²) in [7, 11) is -3.62. The molecule has 0 saturated carbocycles. The summed E-state index contributed by atoms with van der Waals surface area (Å²) in [5.74, 6) is -1.80. The molecule has 0 fully saturated rings. The molecule has 1 N–H and O–H groups in total. The molecule has 0 aliphatic carbocycles. The van der Waals surface area contributed by atoms with E-state index >= 15 is 0 Å². The predicted octanol–water partition coefficient (Wildman–Crippen LogP) is 3.11. The number of aliphatic hydroxyl groups excluding tert-OH is 1. The molecule has 1 rings (SSSR count). The van der Waals surface area contributed by atoms with Gasteiger partial charge in [-0.2, -0.15) is 0 Å². The summed E-state index contributed by atoms with van der Waals surface area (Å²) in [6.45, 7) is 4.29. The molecule has 1 aromatic carbocycles. The summed E-state index contributed by atoms with van der Waals surface area (Å²) >= 11 is 6.12. The number of aliphatic hydroxyl groups is 1. The zero-order valence-corrected chi connectivity index (χ0v) is 14.4. The van der Waals surface area contributed by atoms with Gasteiger partial charge in [0.15, 0.2) is 32.8 Å². The van der Waals surface area contributed by atoms with E-state index in [1.54, 1.807) is 6.92 Å². The number of hydrogen-bond acceptors (Lipinski definition) is 7. The Morgan fingerprint density at radius 3 is 2.39 bits per heavy atom. The Balaban J connectivity index is 3.73. The number of allylic oxidation sites excluding steroid dienone is 1. The fourth-order valence-electron chi connectivity index (χ4n) is 1.80. The molecule has 0 saturated heterocycles. The summed E-state index contributed by atoms with van der Waals surface area (Å²) < 4.78 is 29.5. The fraction of sp³-hybridized carbons (Fsp3) is 0.357. The Bertz CT molecular complexity index is 770. The summed E-state index contributed by atoms with van der Waals surface area (Å²) in [6.07, 6.45) is 0. The number of ether oxygens (including phenoxy) is 1. The molecule has 0 unspecified atom stereocenters. The number of nitroso groups, excluding NO2 is 1. The van der Waals surface area contributed by atoms with Crippen molar-refractivity contribution in [1.29, 1.82) is 0 Å². The number of ketones is 1. The summed E-state index contributed by atoms with van der Waals surface area (Å²) in [4.78, 5) is 21.9. The van der Waals surface area contributed by atoms with E-state index < -0.39 is 27.1 Å². The van der Waals surface area contributed by atoms with Crippen LogP contribution in [0.25, 0.3) is 5.76 Å². The average molecular weight is 362 g/mol. The van der Waals surface area contributed by atoms with Gasteiger partial charge in [-0.25, -0.2) is 8.42 Å². The third-order valence-corrected chi connectivity index (χ3v) is 5.10. The fourth-order valence-corrected chi connectivity index (χ4v) is 3.20. The maximum Gasteiger partial charge on any atom is 0.192 e. The smallest absolute Gasteiger partial charge is 0.192 e. The van der Waals surface area contributed by atoms with E-state index in [9.17, 15) is 23.2 Å². The third kappa shape index (κ3) is 3.89. The lowest BCUT2D eigenvalue weighted by atomic mass is 10.1. The number of nitrogens with zero attached hydrogens (tertiary/aromatic N) is 1. The van der Waals surface area contributed by atoms with Gasteiger partial charge in [0.25, 0.3) is 0 Å². The summed E-state index contributed by atoms with van der Waals surface area (Å²) in [6, 6.07) is 2.39. The summed E-state index contributed by atoms with van der Waals surface area (Å²) in [5.41, 5.74) is -0.824. The predicted molar refractivity (Wildman–Crippen MR) is 86.4 cm³/mol. The van der Waals surface area contributed by atoms with Gasteiger partial charge >= 0.3 is 0 Å². The topological polar surface area (TPSA) is 110 Å². The standard InChI is InChI=1S/C14H16ClNO6S/c1-4-22-14-10(23(20,21)5-2)7-6-9(11(14)15)13(18)12(16-19)8(3)17/h6-7,18H,4-5H2,1-3H3. The number of carbonyl (C=O) groups is 1. The molecule has 0 aliphatic rings. The Hall–Kier alpha value is -1.93. The van der Waals surface area contributed by atoms with Crippen LogP contribution in [0.15, 0.2) is 27.9 Å². The Labute approximate surface area is 138 Å². The van der Waals surface area contributed by atoms with E-state index in [1.807, 2.05) is 0 Å². The largest absolute Gasteiger partial charge is 0.505 e. The van der Waals surface area contributed by atoms with Crippen molar-refractivity contribution in [2.24, 2.45) is 5.18 Å². The van der Waals surface area contributed by atoms with Crippen molar-refractivity contribution in [3.8, 4) is 5.75 Å². The molecule has 9 heteroatoms. The van der Waals surface area contributed by atoms with Crippen molar-refractivity contribution in [2.75, 3.05) is 12.4 Å². The molecule has 0 spiro atoms. The Kier molecular flexibility index (Phi) is 6.28. The molecule has 23 heavy (non-hydrogen) atoms. The van der Waals surface area contributed by atoms with Gasteiger partial charge in [0.1, 0.15) is 4.90 Å². The quantitative estimate of drug-likeness (QED) is 0.454. The van der Waals surface area contributed by atoms with Gasteiger partial charge in [-0.3, -0.25) is 4.79 Å². The number of Topliss-reactive ketones (excluding diaryl/α,β-unsaturated/α-hetero) is 1. The first-order valence-electron chi connectivity index (χ1n) is 6.67. The van der Waals surface area contributed by atoms with Crippen molar-refractivity contribution >= 4 is 33.0 Å². The van der Waals surface area contributed by atoms with Crippen molar-refractivity contribution in [3.63, 3.8) is 0 Å². The molecule has 0 heterocycles. The minimum atomic E-state index is -3.62. The van der Waals surface area contributed by atoms with E-state index in [1.165, 1.54) is 19.1 Å². The first-order chi connectivity index (χ1) is 10.7. The zero-order valence-electron chi connectivity index (χ0n) is 12.8. The molecule has 0 radical (unpaired) electrons. The maximum absolute atomic E-state index is 12.1. The zero-order chi connectivity index (χ0) is 17.8. The van der Waals surface area contributed by atoms with Gasteiger partial charge in [0.05, 0.1) is 17.4 Å². The van der Waals surface area contributed by atoms with Crippen LogP contribution >= 0.6 is 11.6 Å². The van der Waals surface area contributed by atoms with Crippen LogP contribution in [0.2, 0.25) is 5.02 Å². The molecule has 7 nitrogen and oxygen atoms in total. The number of benzene rings is 1. The van der Waals surface area contributed by atoms with Crippen LogP contribution < -0.4 is 4.74 Å². The molecule has 0 aliphatic heterocycles. The summed E-state index contributed by atoms with van der Waals surface area (Å²) in [5, 5.41) is 12.3. The van der Waals surface area contributed by atoms with E-state index in [-0.39, 0.29) is 33.6 Å². The van der Waals surface area contributed by atoms with E-state index in [4.69, 9.17) is 16.3 Å². The highest BCUT2D eigenvalue weighted by molar-refractivity contribution is 7.91. The first kappa shape index (κ1) is 19.1. The van der Waals surface area contributed by atoms with E-state index in [0.717, 1.165) is 6.92 Å². The van der Waals surface area contributed by atoms with Gasteiger partial charge < -0.3 is 9.84 Å². The van der Waals surface area contributed by atoms with Crippen molar-refractivity contribution in [1.82, 2.24) is 0 Å². The highest BCUT2D eigenvalue weighted by atomic mass is 35.5. The van der Waals surface area contributed by atoms with Crippen LogP contribution in [0.3, 0.4) is 0 Å². The van der Waals surface area contributed by atoms with Crippen LogP contribution in [-0.4, -0.2) is 31.7 Å². The van der Waals surface area contributed by atoms with Crippen LogP contribution in [0, 0.1) is 4.91 Å². The number of rotatable bonds is 7. The average Bonchev–Trinajstić information content (AvgIpc) is 2.49. The maximum atomic E-state index is 12.1. The second-order valence-corrected chi connectivity index (χ2v) is 7.06. The minimum absolute atomic E-state index is 0.116. The molecule has 0 bridgehead atoms. The lowest BCUT2D eigenvalue weighted by molar-refractivity contribution is -0.113. The minimum Gasteiger partial charge on any atom is -0.505 e. The molecule has 126 valence electrons. The molecule has 1 aromatic rings. The first-order valence-corrected chi connectivity index (χ1v) is 8.70. The number of halogens is 1. The van der Waals surface area contributed by atoms with E-state index in [0.29, 0.717) is 0 Å². The SMILES string of the molecule is CCOc1c(S(=O)(=O)CC)ccc(C(O)=C(N=O)C(C)=O)c1Cl. The third-order valence-electron chi connectivity index (χ3n) is 2.97. The number of sulfone groups is 1. The van der Waals surface area contributed by atoms with E-state index in [2.05, 4.69) is 5.18 Å². The van der Waals surface area contributed by atoms with Crippen LogP contribution in [0.4, 0.5) is 0 Å². The normalized spacial score (nSPS) is 12.5. The van der Waals surface area contributed by atoms with Crippen molar-refractivity contribution < 1.29 is 23.1 Å². The molecule has 0 atom stereocenters. The van der Waals surface area contributed by atoms with Gasteiger partial charge in [0.2, 0.25) is 0 Å². The monoisotopic (exact) mass is 361 g/mol. The number of hydrogen-bond donors (Lipinski definition) is 1. The molecule has 0 aromatic heterocycles. The van der Waals surface area contributed by atoms with Crippen LogP contribution in [0.5, 0.6) is 5.75 Å². The van der Waals surface area contributed by atoms with Crippen LogP contribution in [0.1, 0.15) is 26.3 Å². The Morgan fingerprint density at radius 1 is 1.35 bits per heavy atom. The molecule has 0 amide bonds. The second kappa shape index (κ2) is 7.56. The second-order valence-electron chi connectivity index (χ2n) is 4.44. The lowest BCUT2D eigenvalue weighted by Crippen LogP contribution is -2.09. The molecular formula is C14H16ClNO6S. The van der Waals surface area contributed by atoms with Crippen LogP contribution in [-0.2, 0) is 14.6 Å². The van der Waals surface area contributed by atoms with Crippen molar-refractivity contribution in [3.05, 3.63) is 33.3 Å². The highest BCUT2D eigenvalue weighted by Crippen LogP contribution is 2.38. The lowest BCUT2D eigenvalue weighted by Gasteiger charge is -2.15. The van der Waals surface area contributed by atoms with Crippen molar-refractivity contribution in [2.45, 2.75) is 25.7 Å².